The first-order chi connectivity index (χ1) is 6.65. The molecule has 0 heterocycles. The zero-order chi connectivity index (χ0) is 11.0. The van der Waals surface area contributed by atoms with Crippen LogP contribution in [0.4, 0.5) is 0 Å². The van der Waals surface area contributed by atoms with Crippen LogP contribution in [-0.4, -0.2) is 25.2 Å². The fraction of sp³-hybridized carbons (Fsp3) is 0.800. The van der Waals surface area contributed by atoms with Crippen LogP contribution in [0.25, 0.3) is 0 Å². The van der Waals surface area contributed by atoms with Crippen LogP contribution in [0.5, 0.6) is 0 Å². The van der Waals surface area contributed by atoms with Crippen LogP contribution in [0.3, 0.4) is 0 Å². The minimum absolute atomic E-state index is 0.114. The smallest absolute Gasteiger partial charge is 0.309 e. The van der Waals surface area contributed by atoms with Crippen LogP contribution in [0.2, 0.25) is 0 Å². The quantitative estimate of drug-likeness (QED) is 0.613. The van der Waals surface area contributed by atoms with Crippen LogP contribution >= 0.6 is 0 Å². The van der Waals surface area contributed by atoms with Gasteiger partial charge < -0.3 is 9.47 Å². The van der Waals surface area contributed by atoms with Gasteiger partial charge in [-0.3, -0.25) is 9.59 Å². The van der Waals surface area contributed by atoms with E-state index in [0.717, 1.165) is 0 Å². The zero-order valence-corrected chi connectivity index (χ0v) is 9.04. The molecule has 0 fully saturated rings. The second-order valence-corrected chi connectivity index (χ2v) is 2.87. The highest BCUT2D eigenvalue weighted by molar-refractivity contribution is 5.79. The van der Waals surface area contributed by atoms with Crippen molar-refractivity contribution in [2.24, 2.45) is 5.92 Å². The molecule has 0 aliphatic heterocycles. The van der Waals surface area contributed by atoms with Gasteiger partial charge in [-0.1, -0.05) is 6.92 Å². The molecule has 0 bridgehead atoms. The molecule has 0 aromatic rings. The number of carbonyl (C=O) groups excluding carboxylic acids is 2. The molecule has 4 nitrogen and oxygen atoms in total. The molecule has 0 radical (unpaired) electrons. The van der Waals surface area contributed by atoms with E-state index in [-0.39, 0.29) is 24.3 Å². The van der Waals surface area contributed by atoms with Gasteiger partial charge in [-0.05, 0) is 20.3 Å². The third-order valence-electron chi connectivity index (χ3n) is 1.83. The summed E-state index contributed by atoms with van der Waals surface area (Å²) in [6, 6.07) is 0. The van der Waals surface area contributed by atoms with Crippen LogP contribution in [-0.2, 0) is 19.1 Å². The second kappa shape index (κ2) is 7.35. The van der Waals surface area contributed by atoms with Crippen molar-refractivity contribution < 1.29 is 19.1 Å². The summed E-state index contributed by atoms with van der Waals surface area (Å²) in [7, 11) is 0. The molecule has 0 saturated carbocycles. The number of esters is 2. The number of hydrogen-bond acceptors (Lipinski definition) is 4. The van der Waals surface area contributed by atoms with E-state index in [4.69, 9.17) is 9.47 Å². The van der Waals surface area contributed by atoms with Crippen molar-refractivity contribution >= 4 is 11.9 Å². The van der Waals surface area contributed by atoms with Crippen molar-refractivity contribution in [2.45, 2.75) is 33.6 Å². The van der Waals surface area contributed by atoms with Crippen LogP contribution in [0.15, 0.2) is 0 Å². The first-order valence-corrected chi connectivity index (χ1v) is 4.97. The molecule has 0 spiro atoms. The Labute approximate surface area is 84.6 Å². The Morgan fingerprint density at radius 1 is 1.07 bits per heavy atom. The van der Waals surface area contributed by atoms with Crippen molar-refractivity contribution in [3.63, 3.8) is 0 Å². The minimum Gasteiger partial charge on any atom is -0.466 e. The Hall–Kier alpha value is -1.06. The third kappa shape index (κ3) is 4.84. The summed E-state index contributed by atoms with van der Waals surface area (Å²) in [5, 5.41) is 0. The minimum atomic E-state index is -0.367. The first kappa shape index (κ1) is 12.9. The molecule has 82 valence electrons. The lowest BCUT2D eigenvalue weighted by Gasteiger charge is -2.12. The Morgan fingerprint density at radius 3 is 2.07 bits per heavy atom. The van der Waals surface area contributed by atoms with Gasteiger partial charge >= 0.3 is 11.9 Å². The molecule has 0 rings (SSSR count). The second-order valence-electron chi connectivity index (χ2n) is 2.87. The molecular formula is C10H18O4. The van der Waals surface area contributed by atoms with Crippen molar-refractivity contribution in [3.8, 4) is 0 Å². The van der Waals surface area contributed by atoms with E-state index >= 15 is 0 Å². The average molecular weight is 202 g/mol. The van der Waals surface area contributed by atoms with E-state index in [1.807, 2.05) is 6.92 Å². The van der Waals surface area contributed by atoms with Gasteiger partial charge in [0.05, 0.1) is 25.6 Å². The van der Waals surface area contributed by atoms with Crippen LogP contribution in [0, 0.1) is 5.92 Å². The Balaban J connectivity index is 4.01. The predicted molar refractivity (Wildman–Crippen MR) is 51.7 cm³/mol. The maximum absolute atomic E-state index is 11.3. The molecule has 0 N–H and O–H groups in total. The van der Waals surface area contributed by atoms with Crippen molar-refractivity contribution in [2.75, 3.05) is 13.2 Å². The summed E-state index contributed by atoms with van der Waals surface area (Å²) in [5.41, 5.74) is 0. The average Bonchev–Trinajstić information content (AvgIpc) is 2.15. The summed E-state index contributed by atoms with van der Waals surface area (Å²) < 4.78 is 9.58. The highest BCUT2D eigenvalue weighted by atomic mass is 16.5. The summed E-state index contributed by atoms with van der Waals surface area (Å²) in [6.45, 7) is 6.02. The predicted octanol–water partition coefficient (Wildman–Crippen LogP) is 1.53. The molecule has 0 aromatic heterocycles. The highest BCUT2D eigenvalue weighted by Gasteiger charge is 2.21. The van der Waals surface area contributed by atoms with Gasteiger partial charge in [0.1, 0.15) is 0 Å². The van der Waals surface area contributed by atoms with E-state index < -0.39 is 0 Å². The van der Waals surface area contributed by atoms with Gasteiger partial charge in [-0.25, -0.2) is 0 Å². The van der Waals surface area contributed by atoms with Gasteiger partial charge in [0, 0.05) is 0 Å². The third-order valence-corrected chi connectivity index (χ3v) is 1.83. The first-order valence-electron chi connectivity index (χ1n) is 4.97. The van der Waals surface area contributed by atoms with Gasteiger partial charge in [0.2, 0.25) is 0 Å². The number of rotatable bonds is 6. The molecule has 1 atom stereocenters. The Kier molecular flexibility index (Phi) is 6.80. The fourth-order valence-electron chi connectivity index (χ4n) is 1.08. The number of ether oxygens (including phenoxy) is 2. The van der Waals surface area contributed by atoms with E-state index in [9.17, 15) is 9.59 Å². The lowest BCUT2D eigenvalue weighted by Crippen LogP contribution is -2.21. The summed E-state index contributed by atoms with van der Waals surface area (Å²) in [5.74, 6) is -1.02. The molecule has 0 amide bonds. The maximum atomic E-state index is 11.3. The van der Waals surface area contributed by atoms with Crippen molar-refractivity contribution in [1.82, 2.24) is 0 Å². The number of carbonyl (C=O) groups is 2. The Bertz CT molecular complexity index is 189. The Morgan fingerprint density at radius 2 is 1.64 bits per heavy atom. The molecule has 0 aliphatic carbocycles. The summed E-state index contributed by atoms with van der Waals surface area (Å²) in [6.07, 6.45) is 0.709. The lowest BCUT2D eigenvalue weighted by atomic mass is 10.0. The molecule has 0 aromatic carbocycles. The normalized spacial score (nSPS) is 11.9. The standard InChI is InChI=1S/C10H18O4/c1-4-8(10(12)14-6-3)7-9(11)13-5-2/h8H,4-7H2,1-3H3. The van der Waals surface area contributed by atoms with Gasteiger partial charge in [0.25, 0.3) is 0 Å². The molecule has 4 heteroatoms. The van der Waals surface area contributed by atoms with E-state index in [2.05, 4.69) is 0 Å². The fourth-order valence-corrected chi connectivity index (χ4v) is 1.08. The van der Waals surface area contributed by atoms with Crippen LogP contribution < -0.4 is 0 Å². The van der Waals surface area contributed by atoms with E-state index in [1.54, 1.807) is 13.8 Å². The molecule has 14 heavy (non-hydrogen) atoms. The van der Waals surface area contributed by atoms with Crippen molar-refractivity contribution in [3.05, 3.63) is 0 Å². The molecule has 1 unspecified atom stereocenters. The SMILES string of the molecule is CCOC(=O)CC(CC)C(=O)OCC. The summed E-state index contributed by atoms with van der Waals surface area (Å²) in [4.78, 5) is 22.4. The van der Waals surface area contributed by atoms with E-state index in [1.165, 1.54) is 0 Å². The molecular weight excluding hydrogens is 184 g/mol. The summed E-state index contributed by atoms with van der Waals surface area (Å²) >= 11 is 0. The molecule has 0 aliphatic rings. The highest BCUT2D eigenvalue weighted by Crippen LogP contribution is 2.11. The largest absolute Gasteiger partial charge is 0.466 e. The van der Waals surface area contributed by atoms with Crippen LogP contribution in [0.1, 0.15) is 33.6 Å². The van der Waals surface area contributed by atoms with Gasteiger partial charge in [-0.15, -0.1) is 0 Å². The topological polar surface area (TPSA) is 52.6 Å². The molecule has 0 saturated heterocycles. The lowest BCUT2D eigenvalue weighted by molar-refractivity contribution is -0.154. The maximum Gasteiger partial charge on any atom is 0.309 e. The monoisotopic (exact) mass is 202 g/mol. The zero-order valence-electron chi connectivity index (χ0n) is 9.04. The van der Waals surface area contributed by atoms with Gasteiger partial charge in [0.15, 0.2) is 0 Å². The number of hydrogen-bond donors (Lipinski definition) is 0. The van der Waals surface area contributed by atoms with Crippen molar-refractivity contribution in [1.29, 1.82) is 0 Å². The van der Waals surface area contributed by atoms with E-state index in [0.29, 0.717) is 19.6 Å². The van der Waals surface area contributed by atoms with Gasteiger partial charge in [-0.2, -0.15) is 0 Å².